The molecule has 5 heterocycles. The van der Waals surface area contributed by atoms with Crippen LogP contribution < -0.4 is 15.9 Å². The van der Waals surface area contributed by atoms with Crippen LogP contribution >= 0.6 is 0 Å². The summed E-state index contributed by atoms with van der Waals surface area (Å²) in [7, 11) is 1.65. The minimum atomic E-state index is -0.732. The second-order valence-corrected chi connectivity index (χ2v) is 12.8. The van der Waals surface area contributed by atoms with Gasteiger partial charge in [0.2, 0.25) is 17.8 Å². The van der Waals surface area contributed by atoms with Gasteiger partial charge in [-0.2, -0.15) is 0 Å². The number of hydrogen-bond donors (Lipinski definition) is 1. The summed E-state index contributed by atoms with van der Waals surface area (Å²) in [6.45, 7) is 8.61. The zero-order valence-electron chi connectivity index (χ0n) is 24.8. The molecule has 0 saturated carbocycles. The molecule has 3 aromatic rings. The number of ether oxygens (including phenoxy) is 1. The van der Waals surface area contributed by atoms with Crippen molar-refractivity contribution in [1.82, 2.24) is 29.3 Å². The molecule has 1 spiro atoms. The Morgan fingerprint density at radius 2 is 1.77 bits per heavy atom. The van der Waals surface area contributed by atoms with E-state index in [0.29, 0.717) is 34.7 Å². The fourth-order valence-electron chi connectivity index (χ4n) is 6.22. The van der Waals surface area contributed by atoms with E-state index in [-0.39, 0.29) is 35.9 Å². The van der Waals surface area contributed by atoms with Crippen LogP contribution in [0.1, 0.15) is 63.6 Å². The third-order valence-electron chi connectivity index (χ3n) is 8.25. The lowest BCUT2D eigenvalue weighted by atomic mass is 9.73. The van der Waals surface area contributed by atoms with Crippen molar-refractivity contribution in [3.8, 4) is 11.8 Å². The summed E-state index contributed by atoms with van der Waals surface area (Å²) in [5.74, 6) is 6.05. The van der Waals surface area contributed by atoms with Gasteiger partial charge in [-0.1, -0.05) is 11.8 Å². The van der Waals surface area contributed by atoms with Crippen LogP contribution in [0.2, 0.25) is 0 Å². The van der Waals surface area contributed by atoms with Crippen molar-refractivity contribution in [2.75, 3.05) is 31.1 Å². The minimum Gasteiger partial charge on any atom is -0.444 e. The molecule has 12 nitrogen and oxygen atoms in total. The van der Waals surface area contributed by atoms with Gasteiger partial charge in [-0.05, 0) is 58.2 Å². The predicted molar refractivity (Wildman–Crippen MR) is 158 cm³/mol. The Hall–Kier alpha value is -4.66. The number of hydrogen-bond acceptors (Lipinski definition) is 8. The van der Waals surface area contributed by atoms with Crippen LogP contribution in [0.4, 0.5) is 10.7 Å². The van der Waals surface area contributed by atoms with Crippen molar-refractivity contribution in [3.63, 3.8) is 0 Å². The van der Waals surface area contributed by atoms with Gasteiger partial charge in [0.15, 0.2) is 0 Å². The minimum absolute atomic E-state index is 0.0346. The van der Waals surface area contributed by atoms with Crippen LogP contribution in [0.25, 0.3) is 11.0 Å². The van der Waals surface area contributed by atoms with E-state index in [1.54, 1.807) is 31.6 Å². The number of carbonyl (C=O) groups excluding carboxylic acids is 3. The summed E-state index contributed by atoms with van der Waals surface area (Å²) in [6.07, 6.45) is 5.62. The molecule has 1 unspecified atom stereocenters. The number of aromatic nitrogens is 4. The van der Waals surface area contributed by atoms with Gasteiger partial charge in [-0.15, -0.1) is 0 Å². The van der Waals surface area contributed by atoms with E-state index in [0.717, 1.165) is 32.5 Å². The number of nitrogens with one attached hydrogen (secondary N) is 1. The zero-order valence-corrected chi connectivity index (χ0v) is 24.8. The zero-order chi connectivity index (χ0) is 30.5. The second-order valence-electron chi connectivity index (χ2n) is 12.8. The Labute approximate surface area is 249 Å². The van der Waals surface area contributed by atoms with Gasteiger partial charge in [0.05, 0.1) is 16.6 Å². The lowest BCUT2D eigenvalue weighted by molar-refractivity contribution is -0.135. The lowest BCUT2D eigenvalue weighted by Crippen LogP contribution is -2.64. The summed E-state index contributed by atoms with van der Waals surface area (Å²) < 4.78 is 8.51. The molecule has 3 saturated heterocycles. The van der Waals surface area contributed by atoms with Gasteiger partial charge >= 0.3 is 11.8 Å². The highest BCUT2D eigenvalue weighted by Gasteiger charge is 2.48. The molecule has 3 fully saturated rings. The van der Waals surface area contributed by atoms with Crippen LogP contribution in [0.5, 0.6) is 0 Å². The van der Waals surface area contributed by atoms with E-state index in [4.69, 9.17) is 4.74 Å². The van der Waals surface area contributed by atoms with Crippen LogP contribution in [0.15, 0.2) is 35.4 Å². The monoisotopic (exact) mass is 585 g/mol. The number of imidazole rings is 1. The Kier molecular flexibility index (Phi) is 6.99. The van der Waals surface area contributed by atoms with Gasteiger partial charge < -0.3 is 14.5 Å². The number of anilines is 1. The van der Waals surface area contributed by atoms with E-state index < -0.39 is 17.6 Å². The second kappa shape index (κ2) is 10.6. The highest BCUT2D eigenvalue weighted by molar-refractivity contribution is 6.00. The molecule has 1 aromatic carbocycles. The molecule has 3 aliphatic heterocycles. The molecule has 1 atom stereocenters. The number of nitrogens with zero attached hydrogens (tertiary/aromatic N) is 6. The number of amides is 3. The van der Waals surface area contributed by atoms with Gasteiger partial charge in [-0.3, -0.25) is 24.0 Å². The van der Waals surface area contributed by atoms with E-state index in [1.807, 2.05) is 31.7 Å². The first-order chi connectivity index (χ1) is 20.4. The average molecular weight is 586 g/mol. The first-order valence-corrected chi connectivity index (χ1v) is 14.5. The number of likely N-dealkylation sites (tertiary alicyclic amines) is 1. The van der Waals surface area contributed by atoms with Crippen LogP contribution in [0.3, 0.4) is 0 Å². The summed E-state index contributed by atoms with van der Waals surface area (Å²) in [4.78, 5) is 62.6. The maximum atomic E-state index is 13.0. The fourth-order valence-corrected chi connectivity index (χ4v) is 6.22. The van der Waals surface area contributed by atoms with Crippen molar-refractivity contribution < 1.29 is 19.1 Å². The summed E-state index contributed by atoms with van der Waals surface area (Å²) in [5, 5.41) is 2.32. The van der Waals surface area contributed by atoms with Gasteiger partial charge in [0.1, 0.15) is 11.6 Å². The maximum Gasteiger partial charge on any atom is 0.410 e. The quantitative estimate of drug-likeness (QED) is 0.358. The van der Waals surface area contributed by atoms with Gasteiger partial charge in [0, 0.05) is 63.0 Å². The van der Waals surface area contributed by atoms with Crippen molar-refractivity contribution >= 4 is 34.9 Å². The molecule has 0 radical (unpaired) electrons. The Bertz CT molecular complexity index is 1730. The number of piperidine rings is 2. The maximum absolute atomic E-state index is 13.0. The standard InChI is InChI=1S/C31H35N7O5/c1-30(2,3)43-29(42)36-13-5-12-31(17-36)18-37(19-31)27-32-15-21(16-33-27)7-6-20-8-9-22-24(14-20)35(4)28(41)38(22)23-10-11-25(39)34-26(23)40/h8-9,14-16,23H,5,10-13,17-19H2,1-4H3,(H,34,39,40). The largest absolute Gasteiger partial charge is 0.444 e. The molecule has 3 amide bonds. The molecule has 1 N–H and O–H groups in total. The topological polar surface area (TPSA) is 132 Å². The van der Waals surface area contributed by atoms with Crippen molar-refractivity contribution in [2.45, 2.75) is 58.1 Å². The molecule has 0 bridgehead atoms. The number of benzene rings is 1. The molecule has 12 heteroatoms. The molecule has 43 heavy (non-hydrogen) atoms. The molecular weight excluding hydrogens is 550 g/mol. The normalized spacial score (nSPS) is 20.0. The SMILES string of the molecule is Cn1c(=O)n(C2CCC(=O)NC2=O)c2ccc(C#Cc3cnc(N4CC5(CCCN(C(=O)OC(C)(C)C)C5)C4)nc3)cc21. The first-order valence-electron chi connectivity index (χ1n) is 14.5. The molecule has 6 rings (SSSR count). The Morgan fingerprint density at radius 1 is 1.05 bits per heavy atom. The number of fused-ring (bicyclic) bond motifs is 1. The van der Waals surface area contributed by atoms with E-state index in [1.165, 1.54) is 9.13 Å². The van der Waals surface area contributed by atoms with E-state index in [2.05, 4.69) is 32.0 Å². The highest BCUT2D eigenvalue weighted by atomic mass is 16.6. The average Bonchev–Trinajstić information content (AvgIpc) is 3.19. The lowest BCUT2D eigenvalue weighted by Gasteiger charge is -2.54. The smallest absolute Gasteiger partial charge is 0.410 e. The van der Waals surface area contributed by atoms with Crippen LogP contribution in [0, 0.1) is 17.3 Å². The van der Waals surface area contributed by atoms with E-state index in [9.17, 15) is 19.2 Å². The molecule has 2 aromatic heterocycles. The van der Waals surface area contributed by atoms with E-state index >= 15 is 0 Å². The van der Waals surface area contributed by atoms with Crippen molar-refractivity contribution in [2.24, 2.45) is 12.5 Å². The Morgan fingerprint density at radius 3 is 2.47 bits per heavy atom. The van der Waals surface area contributed by atoms with Crippen LogP contribution in [-0.2, 0) is 21.4 Å². The van der Waals surface area contributed by atoms with Gasteiger partial charge in [-0.25, -0.2) is 19.6 Å². The third kappa shape index (κ3) is 5.59. The van der Waals surface area contributed by atoms with Gasteiger partial charge in [0.25, 0.3) is 0 Å². The predicted octanol–water partition coefficient (Wildman–Crippen LogP) is 2.34. The Balaban J connectivity index is 1.12. The third-order valence-corrected chi connectivity index (χ3v) is 8.25. The van der Waals surface area contributed by atoms with Crippen LogP contribution in [-0.4, -0.2) is 73.7 Å². The molecule has 224 valence electrons. The first kappa shape index (κ1) is 28.5. The molecular formula is C31H35N7O5. The number of imide groups is 1. The number of aryl methyl sites for hydroxylation is 1. The number of carbonyl (C=O) groups is 3. The fraction of sp³-hybridized carbons (Fsp3) is 0.484. The summed E-state index contributed by atoms with van der Waals surface area (Å²) >= 11 is 0. The summed E-state index contributed by atoms with van der Waals surface area (Å²) in [6, 6.07) is 4.66. The highest BCUT2D eigenvalue weighted by Crippen LogP contribution is 2.40. The number of rotatable bonds is 2. The molecule has 0 aliphatic carbocycles. The van der Waals surface area contributed by atoms with Crippen molar-refractivity contribution in [3.05, 3.63) is 52.2 Å². The molecule has 3 aliphatic rings. The van der Waals surface area contributed by atoms with Crippen molar-refractivity contribution in [1.29, 1.82) is 0 Å². The summed E-state index contributed by atoms with van der Waals surface area (Å²) in [5.41, 5.74) is 1.81.